The third kappa shape index (κ3) is 3.46. The number of nitrogens with two attached hydrogens (primary N) is 1. The van der Waals surface area contributed by atoms with E-state index in [0.29, 0.717) is 6.04 Å². The molecule has 1 rings (SSSR count). The Labute approximate surface area is 113 Å². The maximum absolute atomic E-state index is 6.18. The van der Waals surface area contributed by atoms with E-state index in [1.165, 1.54) is 32.1 Å². The van der Waals surface area contributed by atoms with Crippen molar-refractivity contribution in [1.82, 2.24) is 4.90 Å². The van der Waals surface area contributed by atoms with E-state index in [4.69, 9.17) is 10.5 Å². The second-order valence-electron chi connectivity index (χ2n) is 5.89. The van der Waals surface area contributed by atoms with Crippen molar-refractivity contribution in [2.75, 3.05) is 26.8 Å². The van der Waals surface area contributed by atoms with Crippen molar-refractivity contribution in [2.24, 2.45) is 11.7 Å². The molecule has 1 saturated carbocycles. The first-order valence-electron chi connectivity index (χ1n) is 7.59. The number of hydrogen-bond donors (Lipinski definition) is 1. The zero-order valence-corrected chi connectivity index (χ0v) is 12.7. The summed E-state index contributed by atoms with van der Waals surface area (Å²) in [6, 6.07) is 0.458. The molecule has 0 saturated heterocycles. The van der Waals surface area contributed by atoms with Crippen LogP contribution in [0.4, 0.5) is 0 Å². The summed E-state index contributed by atoms with van der Waals surface area (Å²) in [6.45, 7) is 9.47. The van der Waals surface area contributed by atoms with Crippen molar-refractivity contribution in [3.8, 4) is 0 Å². The van der Waals surface area contributed by atoms with E-state index in [1.54, 1.807) is 7.11 Å². The Morgan fingerprint density at radius 2 is 2.17 bits per heavy atom. The molecule has 1 fully saturated rings. The fourth-order valence-electron chi connectivity index (χ4n) is 3.82. The SMILES string of the molecule is CCC1CCCC(CN)(N(CC)C(C)COC)C1. The monoisotopic (exact) mass is 256 g/mol. The van der Waals surface area contributed by atoms with E-state index >= 15 is 0 Å². The topological polar surface area (TPSA) is 38.5 Å². The number of rotatable bonds is 7. The molecule has 0 radical (unpaired) electrons. The molecule has 2 N–H and O–H groups in total. The highest BCUT2D eigenvalue weighted by atomic mass is 16.5. The van der Waals surface area contributed by atoms with Gasteiger partial charge in [-0.15, -0.1) is 0 Å². The first kappa shape index (κ1) is 15.9. The molecule has 0 aromatic carbocycles. The van der Waals surface area contributed by atoms with Crippen LogP contribution in [0.5, 0.6) is 0 Å². The van der Waals surface area contributed by atoms with Crippen molar-refractivity contribution in [3.05, 3.63) is 0 Å². The molecule has 3 unspecified atom stereocenters. The van der Waals surface area contributed by atoms with Gasteiger partial charge in [0.05, 0.1) is 6.61 Å². The van der Waals surface area contributed by atoms with E-state index in [-0.39, 0.29) is 5.54 Å². The molecule has 0 aromatic rings. The second kappa shape index (κ2) is 7.46. The van der Waals surface area contributed by atoms with Crippen LogP contribution in [0.1, 0.15) is 52.9 Å². The number of nitrogens with zero attached hydrogens (tertiary/aromatic N) is 1. The lowest BCUT2D eigenvalue weighted by atomic mass is 9.73. The fraction of sp³-hybridized carbons (Fsp3) is 1.00. The standard InChI is InChI=1S/C15H32N2O/c1-5-14-8-7-9-15(10-14,12-16)17(6-2)13(3)11-18-4/h13-14H,5-12,16H2,1-4H3. The fourth-order valence-corrected chi connectivity index (χ4v) is 3.82. The van der Waals surface area contributed by atoms with Gasteiger partial charge in [-0.1, -0.05) is 33.1 Å². The quantitative estimate of drug-likeness (QED) is 0.761. The molecule has 0 spiro atoms. The molecular formula is C15H32N2O. The molecule has 0 amide bonds. The predicted molar refractivity (Wildman–Crippen MR) is 77.8 cm³/mol. The molecule has 1 aliphatic carbocycles. The number of hydrogen-bond acceptors (Lipinski definition) is 3. The lowest BCUT2D eigenvalue weighted by molar-refractivity contribution is -0.0142. The van der Waals surface area contributed by atoms with E-state index in [1.807, 2.05) is 0 Å². The highest BCUT2D eigenvalue weighted by Crippen LogP contribution is 2.38. The minimum Gasteiger partial charge on any atom is -0.383 e. The first-order chi connectivity index (χ1) is 8.63. The molecule has 0 bridgehead atoms. The molecule has 1 aliphatic rings. The summed E-state index contributed by atoms with van der Waals surface area (Å²) < 4.78 is 5.34. The summed E-state index contributed by atoms with van der Waals surface area (Å²) in [6.07, 6.45) is 6.52. The maximum atomic E-state index is 6.18. The minimum atomic E-state index is 0.214. The van der Waals surface area contributed by atoms with E-state index in [2.05, 4.69) is 25.7 Å². The Hall–Kier alpha value is -0.120. The first-order valence-corrected chi connectivity index (χ1v) is 7.59. The Kier molecular flexibility index (Phi) is 6.61. The molecule has 3 nitrogen and oxygen atoms in total. The van der Waals surface area contributed by atoms with Gasteiger partial charge in [-0.2, -0.15) is 0 Å². The largest absolute Gasteiger partial charge is 0.383 e. The number of methoxy groups -OCH3 is 1. The molecule has 0 aromatic heterocycles. The van der Waals surface area contributed by atoms with Gasteiger partial charge in [0.1, 0.15) is 0 Å². The highest BCUT2D eigenvalue weighted by Gasteiger charge is 2.40. The number of likely N-dealkylation sites (N-methyl/N-ethyl adjacent to an activating group) is 1. The van der Waals surface area contributed by atoms with Gasteiger partial charge in [0.15, 0.2) is 0 Å². The van der Waals surface area contributed by atoms with Crippen LogP contribution in [0.3, 0.4) is 0 Å². The maximum Gasteiger partial charge on any atom is 0.0615 e. The van der Waals surface area contributed by atoms with Gasteiger partial charge in [-0.05, 0) is 32.2 Å². The highest BCUT2D eigenvalue weighted by molar-refractivity contribution is 4.97. The van der Waals surface area contributed by atoms with Gasteiger partial charge in [0, 0.05) is 25.2 Å². The number of ether oxygens (including phenoxy) is 1. The van der Waals surface area contributed by atoms with Crippen LogP contribution in [0.2, 0.25) is 0 Å². The zero-order chi connectivity index (χ0) is 13.6. The van der Waals surface area contributed by atoms with Crippen LogP contribution in [-0.4, -0.2) is 43.3 Å². The van der Waals surface area contributed by atoms with Gasteiger partial charge in [-0.25, -0.2) is 0 Å². The normalized spacial score (nSPS) is 30.7. The van der Waals surface area contributed by atoms with Crippen LogP contribution < -0.4 is 5.73 Å². The summed E-state index contributed by atoms with van der Waals surface area (Å²) >= 11 is 0. The van der Waals surface area contributed by atoms with Crippen LogP contribution in [-0.2, 0) is 4.74 Å². The van der Waals surface area contributed by atoms with Crippen LogP contribution in [0.25, 0.3) is 0 Å². The average molecular weight is 256 g/mol. The van der Waals surface area contributed by atoms with Gasteiger partial charge in [-0.3, -0.25) is 4.90 Å². The zero-order valence-electron chi connectivity index (χ0n) is 12.7. The third-order valence-electron chi connectivity index (χ3n) is 4.77. The predicted octanol–water partition coefficient (Wildman–Crippen LogP) is 2.64. The van der Waals surface area contributed by atoms with Crippen LogP contribution >= 0.6 is 0 Å². The third-order valence-corrected chi connectivity index (χ3v) is 4.77. The van der Waals surface area contributed by atoms with Gasteiger partial charge >= 0.3 is 0 Å². The van der Waals surface area contributed by atoms with Gasteiger partial charge < -0.3 is 10.5 Å². The molecule has 108 valence electrons. The molecular weight excluding hydrogens is 224 g/mol. The van der Waals surface area contributed by atoms with Gasteiger partial charge in [0.25, 0.3) is 0 Å². The lowest BCUT2D eigenvalue weighted by Gasteiger charge is -2.50. The average Bonchev–Trinajstić information content (AvgIpc) is 2.40. The minimum absolute atomic E-state index is 0.214. The van der Waals surface area contributed by atoms with Crippen LogP contribution in [0.15, 0.2) is 0 Å². The van der Waals surface area contributed by atoms with Crippen molar-refractivity contribution in [3.63, 3.8) is 0 Å². The molecule has 3 heteroatoms. The second-order valence-corrected chi connectivity index (χ2v) is 5.89. The van der Waals surface area contributed by atoms with Crippen molar-refractivity contribution < 1.29 is 4.74 Å². The van der Waals surface area contributed by atoms with Crippen LogP contribution in [0, 0.1) is 5.92 Å². The lowest BCUT2D eigenvalue weighted by Crippen LogP contribution is -2.60. The van der Waals surface area contributed by atoms with E-state index < -0.39 is 0 Å². The van der Waals surface area contributed by atoms with Gasteiger partial charge in [0.2, 0.25) is 0 Å². The van der Waals surface area contributed by atoms with Crippen molar-refractivity contribution in [1.29, 1.82) is 0 Å². The summed E-state index contributed by atoms with van der Waals surface area (Å²) in [7, 11) is 1.79. The Bertz CT molecular complexity index is 235. The van der Waals surface area contributed by atoms with Crippen molar-refractivity contribution in [2.45, 2.75) is 64.5 Å². The summed E-state index contributed by atoms with van der Waals surface area (Å²) in [5.41, 5.74) is 6.40. The molecule has 3 atom stereocenters. The Morgan fingerprint density at radius 1 is 1.44 bits per heavy atom. The molecule has 0 heterocycles. The summed E-state index contributed by atoms with van der Waals surface area (Å²) in [4.78, 5) is 2.60. The molecule has 0 aliphatic heterocycles. The molecule has 18 heavy (non-hydrogen) atoms. The smallest absolute Gasteiger partial charge is 0.0615 e. The summed E-state index contributed by atoms with van der Waals surface area (Å²) in [5, 5.41) is 0. The summed E-state index contributed by atoms with van der Waals surface area (Å²) in [5.74, 6) is 0.853. The Balaban J connectivity index is 2.82. The van der Waals surface area contributed by atoms with E-state index in [9.17, 15) is 0 Å². The Morgan fingerprint density at radius 3 is 2.67 bits per heavy atom. The van der Waals surface area contributed by atoms with E-state index in [0.717, 1.165) is 25.6 Å². The van der Waals surface area contributed by atoms with Crippen molar-refractivity contribution >= 4 is 0 Å².